The average Bonchev–Trinajstić information content (AvgIpc) is 2.91. The molecule has 0 atom stereocenters. The highest BCUT2D eigenvalue weighted by Crippen LogP contribution is 2.36. The zero-order chi connectivity index (χ0) is 27.4. The van der Waals surface area contributed by atoms with Gasteiger partial charge in [-0.25, -0.2) is 0 Å². The molecule has 0 heterocycles. The van der Waals surface area contributed by atoms with Gasteiger partial charge in [0.05, 0.1) is 11.1 Å². The van der Waals surface area contributed by atoms with Crippen molar-refractivity contribution in [3.8, 4) is 11.5 Å². The molecule has 0 spiro atoms. The third kappa shape index (κ3) is 9.07. The molecule has 3 aromatic rings. The zero-order valence-corrected chi connectivity index (χ0v) is 22.3. The Morgan fingerprint density at radius 3 is 1.26 bits per heavy atom. The molecule has 3 rings (SSSR count). The third-order valence-corrected chi connectivity index (χ3v) is 6.53. The van der Waals surface area contributed by atoms with Crippen LogP contribution < -0.4 is 9.47 Å². The maximum Gasteiger partial charge on any atom is 0.426 e. The number of hydrogen-bond acceptors (Lipinski definition) is 2. The minimum atomic E-state index is -3.68. The first-order valence-corrected chi connectivity index (χ1v) is 13.7. The highest BCUT2D eigenvalue weighted by Gasteiger charge is 2.38. The van der Waals surface area contributed by atoms with Gasteiger partial charge in [0.25, 0.3) is 0 Å². The molecule has 0 fully saturated rings. The summed E-state index contributed by atoms with van der Waals surface area (Å²) in [7, 11) is 0. The first-order valence-electron chi connectivity index (χ1n) is 13.7. The van der Waals surface area contributed by atoms with Crippen LogP contribution in [0.25, 0.3) is 0 Å². The van der Waals surface area contributed by atoms with Crippen LogP contribution in [0.2, 0.25) is 0 Å². The number of unbranched alkanes of at least 4 members (excludes halogenated alkanes) is 6. The quantitative estimate of drug-likeness (QED) is 0.135. The Labute approximate surface area is 224 Å². The second-order valence-electron chi connectivity index (χ2n) is 9.72. The van der Waals surface area contributed by atoms with Gasteiger partial charge in [0.1, 0.15) is 11.5 Å². The molecule has 2 nitrogen and oxygen atoms in total. The van der Waals surface area contributed by atoms with E-state index < -0.39 is 23.3 Å². The summed E-state index contributed by atoms with van der Waals surface area (Å²) in [5, 5.41) is 0. The summed E-state index contributed by atoms with van der Waals surface area (Å²) in [4.78, 5) is 0. The number of hydrogen-bond donors (Lipinski definition) is 0. The molecule has 6 heteroatoms. The largest absolute Gasteiger partial charge is 0.429 e. The van der Waals surface area contributed by atoms with Crippen molar-refractivity contribution in [3.63, 3.8) is 0 Å². The highest BCUT2D eigenvalue weighted by atomic mass is 19.3. The Hall–Kier alpha value is -3.02. The van der Waals surface area contributed by atoms with Crippen molar-refractivity contribution in [3.05, 3.63) is 95.1 Å². The molecule has 0 N–H and O–H groups in total. The Balaban J connectivity index is 1.55. The number of halogens is 4. The van der Waals surface area contributed by atoms with Crippen molar-refractivity contribution in [1.82, 2.24) is 0 Å². The SMILES string of the molecule is CCCCCCCCc1ccc(OC(F)(F)c2ccc(C(F)(F)Oc3ccc(CCCC)cc3)cc2)cc1. The molecule has 0 aliphatic rings. The molecule has 0 aliphatic heterocycles. The minimum Gasteiger partial charge on any atom is -0.429 e. The molecule has 0 aliphatic carbocycles. The molecule has 0 amide bonds. The van der Waals surface area contributed by atoms with Gasteiger partial charge in [0.2, 0.25) is 0 Å². The smallest absolute Gasteiger partial charge is 0.426 e. The molecule has 0 radical (unpaired) electrons. The second kappa shape index (κ2) is 14.2. The van der Waals surface area contributed by atoms with Crippen LogP contribution in [-0.2, 0) is 25.1 Å². The summed E-state index contributed by atoms with van der Waals surface area (Å²) >= 11 is 0. The van der Waals surface area contributed by atoms with E-state index in [9.17, 15) is 17.6 Å². The predicted molar refractivity (Wildman–Crippen MR) is 144 cm³/mol. The van der Waals surface area contributed by atoms with E-state index in [1.54, 1.807) is 24.3 Å². The summed E-state index contributed by atoms with van der Waals surface area (Å²) in [5.74, 6) is 0.0229. The van der Waals surface area contributed by atoms with Crippen molar-refractivity contribution in [2.75, 3.05) is 0 Å². The lowest BCUT2D eigenvalue weighted by molar-refractivity contribution is -0.188. The van der Waals surface area contributed by atoms with Gasteiger partial charge in [-0.2, -0.15) is 17.6 Å². The van der Waals surface area contributed by atoms with Crippen LogP contribution in [0, 0.1) is 0 Å². The summed E-state index contributed by atoms with van der Waals surface area (Å²) < 4.78 is 68.7. The van der Waals surface area contributed by atoms with E-state index in [0.717, 1.165) is 73.9 Å². The molecular formula is C32H38F4O2. The van der Waals surface area contributed by atoms with Crippen molar-refractivity contribution in [1.29, 1.82) is 0 Å². The number of rotatable bonds is 16. The Morgan fingerprint density at radius 1 is 0.474 bits per heavy atom. The van der Waals surface area contributed by atoms with E-state index in [0.29, 0.717) is 0 Å². The van der Waals surface area contributed by atoms with E-state index in [1.165, 1.54) is 49.9 Å². The fraction of sp³-hybridized carbons (Fsp3) is 0.438. The normalized spacial score (nSPS) is 11.9. The fourth-order valence-electron chi connectivity index (χ4n) is 4.21. The van der Waals surface area contributed by atoms with Crippen LogP contribution in [0.4, 0.5) is 17.6 Å². The number of aryl methyl sites for hydroxylation is 2. The van der Waals surface area contributed by atoms with Crippen LogP contribution >= 0.6 is 0 Å². The average molecular weight is 531 g/mol. The molecule has 0 saturated carbocycles. The van der Waals surface area contributed by atoms with Crippen LogP contribution in [-0.4, -0.2) is 0 Å². The van der Waals surface area contributed by atoms with Crippen molar-refractivity contribution >= 4 is 0 Å². The van der Waals surface area contributed by atoms with Gasteiger partial charge in [-0.05, 0) is 85.3 Å². The Morgan fingerprint density at radius 2 is 0.842 bits per heavy atom. The summed E-state index contributed by atoms with van der Waals surface area (Å²) in [6, 6.07) is 16.9. The molecule has 0 unspecified atom stereocenters. The second-order valence-corrected chi connectivity index (χ2v) is 9.72. The van der Waals surface area contributed by atoms with Gasteiger partial charge < -0.3 is 9.47 Å². The number of ether oxygens (including phenoxy) is 2. The van der Waals surface area contributed by atoms with Crippen molar-refractivity contribution in [2.24, 2.45) is 0 Å². The lowest BCUT2D eigenvalue weighted by atomic mass is 10.0. The van der Waals surface area contributed by atoms with Gasteiger partial charge in [-0.15, -0.1) is 0 Å². The van der Waals surface area contributed by atoms with Crippen LogP contribution in [0.15, 0.2) is 72.8 Å². The molecule has 206 valence electrons. The van der Waals surface area contributed by atoms with Crippen LogP contribution in [0.5, 0.6) is 11.5 Å². The van der Waals surface area contributed by atoms with E-state index in [4.69, 9.17) is 9.47 Å². The molecule has 38 heavy (non-hydrogen) atoms. The van der Waals surface area contributed by atoms with E-state index in [1.807, 2.05) is 0 Å². The van der Waals surface area contributed by atoms with Crippen LogP contribution in [0.1, 0.15) is 87.5 Å². The number of benzene rings is 3. The maximum absolute atomic E-state index is 14.8. The van der Waals surface area contributed by atoms with Gasteiger partial charge in [0, 0.05) is 0 Å². The first-order chi connectivity index (χ1) is 18.2. The minimum absolute atomic E-state index is 0.00734. The molecule has 0 aromatic heterocycles. The lowest BCUT2D eigenvalue weighted by Crippen LogP contribution is -2.24. The summed E-state index contributed by atoms with van der Waals surface area (Å²) in [6.45, 7) is 4.27. The summed E-state index contributed by atoms with van der Waals surface area (Å²) in [6.07, 6.45) is 3.61. The fourth-order valence-corrected chi connectivity index (χ4v) is 4.21. The maximum atomic E-state index is 14.8. The van der Waals surface area contributed by atoms with Gasteiger partial charge in [0.15, 0.2) is 0 Å². The Bertz CT molecular complexity index is 1080. The third-order valence-electron chi connectivity index (χ3n) is 6.53. The topological polar surface area (TPSA) is 18.5 Å². The molecular weight excluding hydrogens is 492 g/mol. The predicted octanol–water partition coefficient (Wildman–Crippen LogP) is 10.2. The molecule has 0 bridgehead atoms. The van der Waals surface area contributed by atoms with Crippen LogP contribution in [0.3, 0.4) is 0 Å². The van der Waals surface area contributed by atoms with Gasteiger partial charge in [-0.1, -0.05) is 76.6 Å². The highest BCUT2D eigenvalue weighted by molar-refractivity contribution is 5.32. The molecule has 3 aromatic carbocycles. The van der Waals surface area contributed by atoms with E-state index in [-0.39, 0.29) is 11.5 Å². The summed E-state index contributed by atoms with van der Waals surface area (Å²) in [5.41, 5.74) is 1.07. The standard InChI is InChI=1S/C32H38F4O2/c1-3-5-7-8-9-10-12-26-15-23-30(24-16-26)38-32(35,36)28-19-17-27(18-20-28)31(33,34)37-29-21-13-25(14-22-29)11-6-4-2/h13-24H,3-12H2,1-2H3. The zero-order valence-electron chi connectivity index (χ0n) is 22.3. The van der Waals surface area contributed by atoms with Crippen molar-refractivity contribution < 1.29 is 27.0 Å². The monoisotopic (exact) mass is 530 g/mol. The molecule has 0 saturated heterocycles. The van der Waals surface area contributed by atoms with E-state index >= 15 is 0 Å². The van der Waals surface area contributed by atoms with Crippen molar-refractivity contribution in [2.45, 2.75) is 90.3 Å². The van der Waals surface area contributed by atoms with Gasteiger partial charge in [-0.3, -0.25) is 0 Å². The number of alkyl halides is 4. The lowest BCUT2D eigenvalue weighted by Gasteiger charge is -2.21. The first kappa shape index (κ1) is 29.5. The van der Waals surface area contributed by atoms with Gasteiger partial charge >= 0.3 is 12.2 Å². The van der Waals surface area contributed by atoms with E-state index in [2.05, 4.69) is 13.8 Å². The Kier molecular flexibility index (Phi) is 11.1.